The summed E-state index contributed by atoms with van der Waals surface area (Å²) in [6.07, 6.45) is 5.47. The molecule has 104 valence electrons. The molecule has 1 N–H and O–H groups in total. The molecular formula is C17H26N2. The summed E-state index contributed by atoms with van der Waals surface area (Å²) in [5, 5.41) is 3.45. The fourth-order valence-electron chi connectivity index (χ4n) is 3.80. The average molecular weight is 258 g/mol. The Hall–Kier alpha value is -0.860. The monoisotopic (exact) mass is 258 g/mol. The molecule has 1 saturated heterocycles. The van der Waals surface area contributed by atoms with E-state index in [1.54, 1.807) is 5.56 Å². The highest BCUT2D eigenvalue weighted by atomic mass is 15.2. The molecule has 2 fully saturated rings. The van der Waals surface area contributed by atoms with Crippen LogP contribution in [0.5, 0.6) is 0 Å². The van der Waals surface area contributed by atoms with Crippen LogP contribution in [0.2, 0.25) is 0 Å². The predicted molar refractivity (Wildman–Crippen MR) is 80.6 cm³/mol. The van der Waals surface area contributed by atoms with Crippen LogP contribution < -0.4 is 5.32 Å². The van der Waals surface area contributed by atoms with Gasteiger partial charge in [-0.2, -0.15) is 0 Å². The molecule has 1 aromatic carbocycles. The highest BCUT2D eigenvalue weighted by Crippen LogP contribution is 2.39. The molecule has 0 unspecified atom stereocenters. The molecule has 19 heavy (non-hydrogen) atoms. The Morgan fingerprint density at radius 3 is 2.47 bits per heavy atom. The number of likely N-dealkylation sites (N-methyl/N-ethyl adjacent to an activating group) is 1. The normalized spacial score (nSPS) is 23.5. The summed E-state index contributed by atoms with van der Waals surface area (Å²) in [5.41, 5.74) is 3.38. The Morgan fingerprint density at radius 2 is 1.89 bits per heavy atom. The van der Waals surface area contributed by atoms with Crippen molar-refractivity contribution in [2.75, 3.05) is 26.7 Å². The zero-order chi connectivity index (χ0) is 13.3. The predicted octanol–water partition coefficient (Wildman–Crippen LogP) is 2.71. The molecule has 0 spiro atoms. The average Bonchev–Trinajstić information content (AvgIpc) is 3.25. The summed E-state index contributed by atoms with van der Waals surface area (Å²) in [7, 11) is 2.09. The van der Waals surface area contributed by atoms with Gasteiger partial charge in [0.05, 0.1) is 0 Å². The van der Waals surface area contributed by atoms with Gasteiger partial charge in [0.15, 0.2) is 0 Å². The lowest BCUT2D eigenvalue weighted by atomic mass is 9.71. The van der Waals surface area contributed by atoms with Crippen molar-refractivity contribution in [2.45, 2.75) is 44.1 Å². The zero-order valence-electron chi connectivity index (χ0n) is 12.3. The second kappa shape index (κ2) is 5.26. The van der Waals surface area contributed by atoms with Crippen molar-refractivity contribution in [3.8, 4) is 0 Å². The zero-order valence-corrected chi connectivity index (χ0v) is 12.3. The van der Waals surface area contributed by atoms with Crippen molar-refractivity contribution >= 4 is 0 Å². The number of benzene rings is 1. The lowest BCUT2D eigenvalue weighted by Crippen LogP contribution is -2.48. The smallest absolute Gasteiger partial charge is 0.0105 e. The molecule has 2 nitrogen and oxygen atoms in total. The van der Waals surface area contributed by atoms with Gasteiger partial charge in [-0.15, -0.1) is 0 Å². The molecule has 0 aromatic heterocycles. The molecule has 1 aliphatic carbocycles. The second-order valence-electron chi connectivity index (χ2n) is 6.39. The molecule has 2 aliphatic rings. The van der Waals surface area contributed by atoms with Gasteiger partial charge in [-0.3, -0.25) is 0 Å². The third kappa shape index (κ3) is 2.56. The lowest BCUT2D eigenvalue weighted by molar-refractivity contribution is 0.150. The summed E-state index contributed by atoms with van der Waals surface area (Å²) in [6.45, 7) is 5.93. The first-order valence-corrected chi connectivity index (χ1v) is 7.70. The van der Waals surface area contributed by atoms with Gasteiger partial charge in [0.2, 0.25) is 0 Å². The van der Waals surface area contributed by atoms with E-state index in [1.165, 1.54) is 44.3 Å². The summed E-state index contributed by atoms with van der Waals surface area (Å²) in [4.78, 5) is 2.71. The quantitative estimate of drug-likeness (QED) is 0.893. The topological polar surface area (TPSA) is 15.3 Å². The van der Waals surface area contributed by atoms with Gasteiger partial charge in [-0.1, -0.05) is 24.3 Å². The van der Waals surface area contributed by atoms with Crippen molar-refractivity contribution in [2.24, 2.45) is 0 Å². The van der Waals surface area contributed by atoms with E-state index in [4.69, 9.17) is 0 Å². The molecule has 0 radical (unpaired) electrons. The molecule has 0 bridgehead atoms. The fourth-order valence-corrected chi connectivity index (χ4v) is 3.80. The van der Waals surface area contributed by atoms with Gasteiger partial charge in [-0.05, 0) is 63.9 Å². The van der Waals surface area contributed by atoms with Gasteiger partial charge in [-0.25, -0.2) is 0 Å². The third-order valence-electron chi connectivity index (χ3n) is 5.05. The van der Waals surface area contributed by atoms with Gasteiger partial charge in [0, 0.05) is 18.0 Å². The van der Waals surface area contributed by atoms with E-state index in [1.807, 2.05) is 0 Å². The van der Waals surface area contributed by atoms with Crippen molar-refractivity contribution < 1.29 is 0 Å². The van der Waals surface area contributed by atoms with E-state index >= 15 is 0 Å². The largest absolute Gasteiger partial charge is 0.319 e. The number of nitrogens with one attached hydrogen (secondary N) is 1. The molecule has 1 heterocycles. The Morgan fingerprint density at radius 1 is 1.21 bits per heavy atom. The minimum atomic E-state index is 0.353. The maximum atomic E-state index is 3.45. The molecule has 2 heteroatoms. The van der Waals surface area contributed by atoms with Gasteiger partial charge < -0.3 is 10.2 Å². The van der Waals surface area contributed by atoms with Crippen LogP contribution in [0.25, 0.3) is 0 Å². The molecule has 1 saturated carbocycles. The number of nitrogens with zero attached hydrogens (tertiary/aromatic N) is 1. The van der Waals surface area contributed by atoms with E-state index < -0.39 is 0 Å². The summed E-state index contributed by atoms with van der Waals surface area (Å²) >= 11 is 0. The van der Waals surface area contributed by atoms with Crippen LogP contribution in [0.1, 0.15) is 36.8 Å². The molecule has 0 amide bonds. The number of likely N-dealkylation sites (tertiary alicyclic amines) is 1. The third-order valence-corrected chi connectivity index (χ3v) is 5.05. The van der Waals surface area contributed by atoms with Crippen LogP contribution >= 0.6 is 0 Å². The number of hydrogen-bond acceptors (Lipinski definition) is 2. The maximum absolute atomic E-state index is 3.45. The summed E-state index contributed by atoms with van der Waals surface area (Å²) in [5.74, 6) is 0. The molecule has 1 aromatic rings. The molecule has 0 atom stereocenters. The van der Waals surface area contributed by atoms with Crippen molar-refractivity contribution in [3.05, 3.63) is 35.4 Å². The fraction of sp³-hybridized carbons (Fsp3) is 0.647. The lowest BCUT2D eigenvalue weighted by Gasteiger charge is -2.43. The van der Waals surface area contributed by atoms with Gasteiger partial charge in [0.25, 0.3) is 0 Å². The van der Waals surface area contributed by atoms with Crippen LogP contribution in [0.3, 0.4) is 0 Å². The van der Waals surface area contributed by atoms with Crippen molar-refractivity contribution in [1.82, 2.24) is 10.2 Å². The van der Waals surface area contributed by atoms with E-state index in [9.17, 15) is 0 Å². The summed E-state index contributed by atoms with van der Waals surface area (Å²) in [6, 6.07) is 9.89. The van der Waals surface area contributed by atoms with E-state index in [0.717, 1.165) is 12.6 Å². The molecule has 1 aliphatic heterocycles. The van der Waals surface area contributed by atoms with Crippen LogP contribution in [-0.2, 0) is 5.41 Å². The highest BCUT2D eigenvalue weighted by molar-refractivity contribution is 5.34. The standard InChI is InChI=1S/C17H26N2/c1-14-5-3-4-6-16(14)17(13-18-2)9-11-19(12-10-17)15-7-8-15/h3-6,15,18H,7-13H2,1-2H3. The molecule has 3 rings (SSSR count). The second-order valence-corrected chi connectivity index (χ2v) is 6.39. The number of rotatable bonds is 4. The SMILES string of the molecule is CNCC1(c2ccccc2C)CCN(C2CC2)CC1. The maximum Gasteiger partial charge on any atom is 0.0105 e. The van der Waals surface area contributed by atoms with E-state index in [0.29, 0.717) is 5.41 Å². The number of aryl methyl sites for hydroxylation is 1. The first-order valence-electron chi connectivity index (χ1n) is 7.70. The minimum absolute atomic E-state index is 0.353. The van der Waals surface area contributed by atoms with E-state index in [-0.39, 0.29) is 0 Å². The van der Waals surface area contributed by atoms with Crippen molar-refractivity contribution in [1.29, 1.82) is 0 Å². The number of piperidine rings is 1. The first kappa shape index (κ1) is 13.1. The Balaban J connectivity index is 1.82. The molecular weight excluding hydrogens is 232 g/mol. The van der Waals surface area contributed by atoms with Gasteiger partial charge >= 0.3 is 0 Å². The first-order chi connectivity index (χ1) is 9.25. The van der Waals surface area contributed by atoms with Crippen LogP contribution in [-0.4, -0.2) is 37.6 Å². The Labute approximate surface area is 117 Å². The van der Waals surface area contributed by atoms with E-state index in [2.05, 4.69) is 48.5 Å². The van der Waals surface area contributed by atoms with Crippen LogP contribution in [0.4, 0.5) is 0 Å². The summed E-state index contributed by atoms with van der Waals surface area (Å²) < 4.78 is 0. The highest BCUT2D eigenvalue weighted by Gasteiger charge is 2.40. The minimum Gasteiger partial charge on any atom is -0.319 e. The van der Waals surface area contributed by atoms with Crippen molar-refractivity contribution in [3.63, 3.8) is 0 Å². The van der Waals surface area contributed by atoms with Gasteiger partial charge in [0.1, 0.15) is 0 Å². The Bertz CT molecular complexity index is 429. The van der Waals surface area contributed by atoms with Crippen LogP contribution in [0, 0.1) is 6.92 Å². The number of hydrogen-bond donors (Lipinski definition) is 1. The van der Waals surface area contributed by atoms with Crippen LogP contribution in [0.15, 0.2) is 24.3 Å². The Kier molecular flexibility index (Phi) is 3.64.